The number of anilines is 1. The number of rotatable bonds is 3. The van der Waals surface area contributed by atoms with Gasteiger partial charge < -0.3 is 10.4 Å². The maximum atomic E-state index is 12.3. The maximum Gasteiger partial charge on any atom is 0.307 e. The zero-order valence-electron chi connectivity index (χ0n) is 11.5. The molecule has 108 valence electrons. The highest BCUT2D eigenvalue weighted by atomic mass is 16.4. The van der Waals surface area contributed by atoms with Crippen molar-refractivity contribution in [2.45, 2.75) is 19.3 Å². The topological polar surface area (TPSA) is 79.3 Å². The first kappa shape index (κ1) is 13.5. The van der Waals surface area contributed by atoms with Gasteiger partial charge in [-0.3, -0.25) is 14.6 Å². The van der Waals surface area contributed by atoms with Crippen LogP contribution in [0.25, 0.3) is 10.9 Å². The Morgan fingerprint density at radius 2 is 1.95 bits per heavy atom. The molecule has 1 aliphatic carbocycles. The van der Waals surface area contributed by atoms with E-state index < -0.39 is 17.8 Å². The van der Waals surface area contributed by atoms with Gasteiger partial charge in [-0.15, -0.1) is 0 Å². The van der Waals surface area contributed by atoms with Gasteiger partial charge in [0.05, 0.1) is 29.2 Å². The summed E-state index contributed by atoms with van der Waals surface area (Å²) in [5.74, 6) is -2.13. The number of amides is 1. The molecule has 21 heavy (non-hydrogen) atoms. The van der Waals surface area contributed by atoms with Gasteiger partial charge in [-0.25, -0.2) is 0 Å². The Labute approximate surface area is 122 Å². The van der Waals surface area contributed by atoms with Crippen molar-refractivity contribution in [3.63, 3.8) is 0 Å². The Kier molecular flexibility index (Phi) is 3.56. The fraction of sp³-hybridized carbons (Fsp3) is 0.312. The van der Waals surface area contributed by atoms with Crippen LogP contribution in [0.5, 0.6) is 0 Å². The average molecular weight is 284 g/mol. The Hall–Kier alpha value is -2.43. The second-order valence-electron chi connectivity index (χ2n) is 5.39. The summed E-state index contributed by atoms with van der Waals surface area (Å²) >= 11 is 0. The third kappa shape index (κ3) is 2.72. The molecule has 5 nitrogen and oxygen atoms in total. The lowest BCUT2D eigenvalue weighted by molar-refractivity contribution is -0.145. The van der Waals surface area contributed by atoms with Crippen molar-refractivity contribution in [2.75, 3.05) is 5.32 Å². The molecule has 0 saturated heterocycles. The van der Waals surface area contributed by atoms with E-state index >= 15 is 0 Å². The van der Waals surface area contributed by atoms with Crippen LogP contribution in [-0.4, -0.2) is 22.0 Å². The van der Waals surface area contributed by atoms with Gasteiger partial charge >= 0.3 is 5.97 Å². The van der Waals surface area contributed by atoms with Gasteiger partial charge in [0.1, 0.15) is 0 Å². The number of carbonyl (C=O) groups is 2. The standard InChI is InChI=1S/C16H16N2O3/c19-15(12-5-3-6-13(12)16(20)21)18-11-8-10-4-1-2-7-14(10)17-9-11/h1-2,4,7-9,12-13H,3,5-6H2,(H,18,19)(H,20,21). The minimum atomic E-state index is -0.885. The summed E-state index contributed by atoms with van der Waals surface area (Å²) in [5.41, 5.74) is 1.47. The zero-order valence-corrected chi connectivity index (χ0v) is 11.5. The molecule has 0 radical (unpaired) electrons. The summed E-state index contributed by atoms with van der Waals surface area (Å²) in [7, 11) is 0. The van der Waals surface area contributed by atoms with Crippen molar-refractivity contribution in [3.8, 4) is 0 Å². The first-order valence-electron chi connectivity index (χ1n) is 7.03. The quantitative estimate of drug-likeness (QED) is 0.908. The number of benzene rings is 1. The summed E-state index contributed by atoms with van der Waals surface area (Å²) < 4.78 is 0. The smallest absolute Gasteiger partial charge is 0.307 e. The zero-order chi connectivity index (χ0) is 14.8. The first-order valence-corrected chi connectivity index (χ1v) is 7.03. The lowest BCUT2D eigenvalue weighted by Crippen LogP contribution is -2.30. The van der Waals surface area contributed by atoms with Crippen molar-refractivity contribution in [1.29, 1.82) is 0 Å². The highest BCUT2D eigenvalue weighted by Crippen LogP contribution is 2.33. The molecule has 1 aliphatic rings. The number of para-hydroxylation sites is 1. The molecule has 2 unspecified atom stereocenters. The molecule has 1 amide bonds. The van der Waals surface area contributed by atoms with Crippen molar-refractivity contribution in [2.24, 2.45) is 11.8 Å². The average Bonchev–Trinajstić information content (AvgIpc) is 2.97. The van der Waals surface area contributed by atoms with Gasteiger partial charge in [-0.05, 0) is 25.0 Å². The predicted molar refractivity (Wildman–Crippen MR) is 78.8 cm³/mol. The van der Waals surface area contributed by atoms with E-state index in [4.69, 9.17) is 5.11 Å². The number of carboxylic acid groups (broad SMARTS) is 1. The number of aliphatic carboxylic acids is 1. The number of carboxylic acids is 1. The van der Waals surface area contributed by atoms with Crippen LogP contribution in [0.3, 0.4) is 0 Å². The number of nitrogens with one attached hydrogen (secondary N) is 1. The van der Waals surface area contributed by atoms with E-state index in [1.165, 1.54) is 0 Å². The monoisotopic (exact) mass is 284 g/mol. The summed E-state index contributed by atoms with van der Waals surface area (Å²) in [6, 6.07) is 9.49. The van der Waals surface area contributed by atoms with E-state index in [-0.39, 0.29) is 5.91 Å². The molecule has 5 heteroatoms. The molecule has 2 aromatic rings. The molecule has 2 N–H and O–H groups in total. The highest BCUT2D eigenvalue weighted by molar-refractivity contribution is 5.96. The summed E-state index contributed by atoms with van der Waals surface area (Å²) in [6.45, 7) is 0. The number of hydrogen-bond acceptors (Lipinski definition) is 3. The Morgan fingerprint density at radius 1 is 1.19 bits per heavy atom. The third-order valence-electron chi connectivity index (χ3n) is 4.03. The predicted octanol–water partition coefficient (Wildman–Crippen LogP) is 2.67. The SMILES string of the molecule is O=C(O)C1CCCC1C(=O)Nc1cnc2ccccc2c1. The van der Waals surface area contributed by atoms with Crippen molar-refractivity contribution < 1.29 is 14.7 Å². The molecular weight excluding hydrogens is 268 g/mol. The number of carbonyl (C=O) groups excluding carboxylic acids is 1. The van der Waals surface area contributed by atoms with E-state index in [9.17, 15) is 9.59 Å². The van der Waals surface area contributed by atoms with Gasteiger partial charge in [-0.2, -0.15) is 0 Å². The van der Waals surface area contributed by atoms with Gasteiger partial charge in [0.25, 0.3) is 0 Å². The molecule has 0 bridgehead atoms. The van der Waals surface area contributed by atoms with Crippen molar-refractivity contribution in [3.05, 3.63) is 36.5 Å². The molecule has 3 rings (SSSR count). The van der Waals surface area contributed by atoms with Crippen LogP contribution in [0.15, 0.2) is 36.5 Å². The fourth-order valence-electron chi connectivity index (χ4n) is 2.94. The van der Waals surface area contributed by atoms with E-state index in [2.05, 4.69) is 10.3 Å². The highest BCUT2D eigenvalue weighted by Gasteiger charge is 2.37. The number of pyridine rings is 1. The fourth-order valence-corrected chi connectivity index (χ4v) is 2.94. The molecule has 0 spiro atoms. The minimum absolute atomic E-state index is 0.225. The van der Waals surface area contributed by atoms with E-state index in [0.717, 1.165) is 17.3 Å². The van der Waals surface area contributed by atoms with E-state index in [0.29, 0.717) is 18.5 Å². The molecule has 1 fully saturated rings. The minimum Gasteiger partial charge on any atom is -0.481 e. The van der Waals surface area contributed by atoms with Crippen LogP contribution in [0, 0.1) is 11.8 Å². The Morgan fingerprint density at radius 3 is 2.76 bits per heavy atom. The third-order valence-corrected chi connectivity index (χ3v) is 4.03. The molecule has 1 aromatic carbocycles. The van der Waals surface area contributed by atoms with Crippen LogP contribution in [-0.2, 0) is 9.59 Å². The van der Waals surface area contributed by atoms with Crippen LogP contribution in [0.1, 0.15) is 19.3 Å². The second-order valence-corrected chi connectivity index (χ2v) is 5.39. The summed E-state index contributed by atoms with van der Waals surface area (Å²) in [5, 5.41) is 12.9. The largest absolute Gasteiger partial charge is 0.481 e. The molecule has 0 aliphatic heterocycles. The summed E-state index contributed by atoms with van der Waals surface area (Å²) in [4.78, 5) is 27.7. The number of nitrogens with zero attached hydrogens (tertiary/aromatic N) is 1. The molecular formula is C16H16N2O3. The van der Waals surface area contributed by atoms with Crippen molar-refractivity contribution >= 4 is 28.5 Å². The number of fused-ring (bicyclic) bond motifs is 1. The van der Waals surface area contributed by atoms with Crippen LogP contribution in [0.4, 0.5) is 5.69 Å². The molecule has 2 atom stereocenters. The van der Waals surface area contributed by atoms with Gasteiger partial charge in [0.2, 0.25) is 5.91 Å². The van der Waals surface area contributed by atoms with Gasteiger partial charge in [0, 0.05) is 5.39 Å². The molecule has 1 saturated carbocycles. The van der Waals surface area contributed by atoms with Crippen LogP contribution in [0.2, 0.25) is 0 Å². The van der Waals surface area contributed by atoms with Crippen molar-refractivity contribution in [1.82, 2.24) is 4.98 Å². The van der Waals surface area contributed by atoms with Gasteiger partial charge in [-0.1, -0.05) is 24.6 Å². The number of hydrogen-bond donors (Lipinski definition) is 2. The summed E-state index contributed by atoms with van der Waals surface area (Å²) in [6.07, 6.45) is 3.59. The Balaban J connectivity index is 1.78. The Bertz CT molecular complexity index is 699. The first-order chi connectivity index (χ1) is 10.1. The van der Waals surface area contributed by atoms with Crippen LogP contribution < -0.4 is 5.32 Å². The molecule has 1 heterocycles. The second kappa shape index (κ2) is 5.52. The van der Waals surface area contributed by atoms with Crippen LogP contribution >= 0.6 is 0 Å². The van der Waals surface area contributed by atoms with Gasteiger partial charge in [0.15, 0.2) is 0 Å². The molecule has 1 aromatic heterocycles. The normalized spacial score (nSPS) is 21.3. The number of aromatic nitrogens is 1. The van der Waals surface area contributed by atoms with E-state index in [1.54, 1.807) is 6.20 Å². The lowest BCUT2D eigenvalue weighted by atomic mass is 9.95. The lowest BCUT2D eigenvalue weighted by Gasteiger charge is -2.15. The van der Waals surface area contributed by atoms with E-state index in [1.807, 2.05) is 30.3 Å². The maximum absolute atomic E-state index is 12.3.